The number of nitrogens with one attached hydrogen (secondary N) is 1. The molecule has 0 spiro atoms. The molecule has 0 radical (unpaired) electrons. The van der Waals surface area contributed by atoms with Gasteiger partial charge in [-0.2, -0.15) is 18.2 Å². The summed E-state index contributed by atoms with van der Waals surface area (Å²) >= 11 is 0. The fourth-order valence-corrected chi connectivity index (χ4v) is 3.07. The number of anilines is 3. The van der Waals surface area contributed by atoms with Crippen LogP contribution in [-0.4, -0.2) is 47.2 Å². The van der Waals surface area contributed by atoms with Gasteiger partial charge in [0.2, 0.25) is 0 Å². The SMILES string of the molecule is O=C(N=Nc1ncc(F)c(N2CCOCC2)n1)c1ccc(Nc2cccc(C(F)(F)F)c2)cn1. The van der Waals surface area contributed by atoms with Crippen LogP contribution in [0.15, 0.2) is 59.0 Å². The number of hydrogen-bond donors (Lipinski definition) is 1. The van der Waals surface area contributed by atoms with Crippen molar-refractivity contribution in [3.63, 3.8) is 0 Å². The van der Waals surface area contributed by atoms with Crippen LogP contribution in [0.5, 0.6) is 0 Å². The Morgan fingerprint density at radius 3 is 2.56 bits per heavy atom. The van der Waals surface area contributed by atoms with Crippen molar-refractivity contribution >= 4 is 29.0 Å². The van der Waals surface area contributed by atoms with Crippen molar-refractivity contribution in [3.8, 4) is 0 Å². The van der Waals surface area contributed by atoms with Gasteiger partial charge in [0, 0.05) is 18.8 Å². The van der Waals surface area contributed by atoms with E-state index in [0.717, 1.165) is 18.3 Å². The lowest BCUT2D eigenvalue weighted by Crippen LogP contribution is -2.37. The second-order valence-corrected chi connectivity index (χ2v) is 7.08. The molecule has 0 bridgehead atoms. The zero-order chi connectivity index (χ0) is 24.1. The highest BCUT2D eigenvalue weighted by molar-refractivity contribution is 5.92. The summed E-state index contributed by atoms with van der Waals surface area (Å²) in [5.74, 6) is -1.58. The first-order chi connectivity index (χ1) is 16.3. The summed E-state index contributed by atoms with van der Waals surface area (Å²) in [6, 6.07) is 7.46. The minimum Gasteiger partial charge on any atom is -0.378 e. The lowest BCUT2D eigenvalue weighted by molar-refractivity contribution is -0.137. The number of rotatable bonds is 5. The summed E-state index contributed by atoms with van der Waals surface area (Å²) in [7, 11) is 0. The standard InChI is InChI=1S/C21H17F4N7O2/c22-16-12-27-20(29-18(16)32-6-8-34-9-7-32)31-30-19(33)17-5-4-15(11-26-17)28-14-3-1-2-13(10-14)21(23,24)25/h1-5,10-12,28H,6-9H2. The van der Waals surface area contributed by atoms with Gasteiger partial charge in [0.15, 0.2) is 11.6 Å². The van der Waals surface area contributed by atoms with Gasteiger partial charge >= 0.3 is 12.1 Å². The third-order valence-corrected chi connectivity index (χ3v) is 4.71. The molecule has 1 aliphatic rings. The Hall–Kier alpha value is -4.00. The Bertz CT molecular complexity index is 1200. The van der Waals surface area contributed by atoms with E-state index in [9.17, 15) is 22.4 Å². The molecule has 34 heavy (non-hydrogen) atoms. The van der Waals surface area contributed by atoms with Gasteiger partial charge < -0.3 is 15.0 Å². The minimum absolute atomic E-state index is 0.0443. The van der Waals surface area contributed by atoms with Crippen molar-refractivity contribution < 1.29 is 27.1 Å². The fraction of sp³-hybridized carbons (Fsp3) is 0.238. The number of halogens is 4. The molecule has 0 unspecified atom stereocenters. The lowest BCUT2D eigenvalue weighted by Gasteiger charge is -2.27. The molecule has 2 aromatic heterocycles. The van der Waals surface area contributed by atoms with Crippen molar-refractivity contribution in [1.82, 2.24) is 15.0 Å². The molecule has 0 saturated carbocycles. The molecule has 0 aliphatic carbocycles. The highest BCUT2D eigenvalue weighted by Crippen LogP contribution is 2.31. The number of aromatic nitrogens is 3. The first-order valence-electron chi connectivity index (χ1n) is 10.0. The summed E-state index contributed by atoms with van der Waals surface area (Å²) in [6.45, 7) is 1.77. The Labute approximate surface area is 190 Å². The van der Waals surface area contributed by atoms with Gasteiger partial charge in [-0.1, -0.05) is 6.07 Å². The Balaban J connectivity index is 1.42. The third-order valence-electron chi connectivity index (χ3n) is 4.71. The predicted molar refractivity (Wildman–Crippen MR) is 113 cm³/mol. The monoisotopic (exact) mass is 475 g/mol. The largest absolute Gasteiger partial charge is 0.416 e. The molecule has 0 atom stereocenters. The van der Waals surface area contributed by atoms with Gasteiger partial charge in [0.25, 0.3) is 5.95 Å². The Morgan fingerprint density at radius 1 is 1.06 bits per heavy atom. The number of ether oxygens (including phenoxy) is 1. The maximum Gasteiger partial charge on any atom is 0.416 e. The average Bonchev–Trinajstić information content (AvgIpc) is 2.84. The van der Waals surface area contributed by atoms with E-state index in [0.29, 0.717) is 32.0 Å². The quantitative estimate of drug-likeness (QED) is 0.427. The smallest absolute Gasteiger partial charge is 0.378 e. The first kappa shape index (κ1) is 23.2. The zero-order valence-corrected chi connectivity index (χ0v) is 17.5. The van der Waals surface area contributed by atoms with Crippen LogP contribution in [-0.2, 0) is 10.9 Å². The van der Waals surface area contributed by atoms with Gasteiger partial charge in [0.1, 0.15) is 5.69 Å². The predicted octanol–water partition coefficient (Wildman–Crippen LogP) is 4.53. The van der Waals surface area contributed by atoms with Crippen molar-refractivity contribution in [3.05, 3.63) is 65.9 Å². The molecule has 3 heterocycles. The normalized spacial score (nSPS) is 14.4. The van der Waals surface area contributed by atoms with Gasteiger partial charge in [-0.25, -0.2) is 14.4 Å². The van der Waals surface area contributed by atoms with Gasteiger partial charge in [-0.3, -0.25) is 4.79 Å². The lowest BCUT2D eigenvalue weighted by atomic mass is 10.2. The first-order valence-corrected chi connectivity index (χ1v) is 10.0. The molecule has 1 aromatic carbocycles. The molecular weight excluding hydrogens is 458 g/mol. The minimum atomic E-state index is -4.46. The molecule has 1 saturated heterocycles. The van der Waals surface area contributed by atoms with E-state index in [1.807, 2.05) is 0 Å². The number of azo groups is 1. The summed E-state index contributed by atoms with van der Waals surface area (Å²) < 4.78 is 57.8. The van der Waals surface area contributed by atoms with Crippen LogP contribution < -0.4 is 10.2 Å². The number of morpholine rings is 1. The number of carbonyl (C=O) groups is 1. The second kappa shape index (κ2) is 9.87. The van der Waals surface area contributed by atoms with Gasteiger partial charge in [-0.05, 0) is 30.3 Å². The number of pyridine rings is 1. The van der Waals surface area contributed by atoms with E-state index in [4.69, 9.17) is 4.74 Å². The molecule has 1 N–H and O–H groups in total. The van der Waals surface area contributed by atoms with Crippen molar-refractivity contribution in [2.75, 3.05) is 36.5 Å². The summed E-state index contributed by atoms with van der Waals surface area (Å²) in [6.07, 6.45) is -2.24. The van der Waals surface area contributed by atoms with Crippen molar-refractivity contribution in [1.29, 1.82) is 0 Å². The van der Waals surface area contributed by atoms with E-state index in [1.165, 1.54) is 30.5 Å². The van der Waals surface area contributed by atoms with Crippen LogP contribution in [0.2, 0.25) is 0 Å². The summed E-state index contributed by atoms with van der Waals surface area (Å²) in [4.78, 5) is 25.6. The molecule has 9 nitrogen and oxygen atoms in total. The van der Waals surface area contributed by atoms with E-state index >= 15 is 0 Å². The molecule has 1 fully saturated rings. The zero-order valence-electron chi connectivity index (χ0n) is 17.5. The van der Waals surface area contributed by atoms with Crippen LogP contribution in [0.1, 0.15) is 16.1 Å². The van der Waals surface area contributed by atoms with Crippen LogP contribution in [0.3, 0.4) is 0 Å². The summed E-state index contributed by atoms with van der Waals surface area (Å²) in [5.41, 5.74) is -0.281. The van der Waals surface area contributed by atoms with Crippen LogP contribution in [0.25, 0.3) is 0 Å². The molecule has 176 valence electrons. The maximum absolute atomic E-state index is 14.1. The van der Waals surface area contributed by atoms with E-state index in [1.54, 1.807) is 4.90 Å². The topological polar surface area (TPSA) is 105 Å². The molecular formula is C21H17F4N7O2. The number of amides is 1. The number of hydrogen-bond acceptors (Lipinski definition) is 8. The number of alkyl halides is 3. The fourth-order valence-electron chi connectivity index (χ4n) is 3.07. The molecule has 3 aromatic rings. The van der Waals surface area contributed by atoms with E-state index in [-0.39, 0.29) is 23.1 Å². The average molecular weight is 475 g/mol. The van der Waals surface area contributed by atoms with Gasteiger partial charge in [0.05, 0.1) is 36.9 Å². The summed E-state index contributed by atoms with van der Waals surface area (Å²) in [5, 5.41) is 9.98. The van der Waals surface area contributed by atoms with Crippen LogP contribution in [0, 0.1) is 5.82 Å². The highest BCUT2D eigenvalue weighted by Gasteiger charge is 2.30. The van der Waals surface area contributed by atoms with Crippen molar-refractivity contribution in [2.45, 2.75) is 6.18 Å². The number of benzene rings is 1. The molecule has 1 amide bonds. The van der Waals surface area contributed by atoms with Crippen LogP contribution in [0.4, 0.5) is 40.7 Å². The molecule has 13 heteroatoms. The highest BCUT2D eigenvalue weighted by atomic mass is 19.4. The van der Waals surface area contributed by atoms with Crippen LogP contribution >= 0.6 is 0 Å². The Morgan fingerprint density at radius 2 is 1.85 bits per heavy atom. The van der Waals surface area contributed by atoms with Crippen molar-refractivity contribution in [2.24, 2.45) is 10.2 Å². The van der Waals surface area contributed by atoms with E-state index in [2.05, 4.69) is 30.5 Å². The number of carbonyl (C=O) groups excluding carboxylic acids is 1. The molecule has 1 aliphatic heterocycles. The Kier molecular flexibility index (Phi) is 6.72. The third kappa shape index (κ3) is 5.67. The molecule has 4 rings (SSSR count). The van der Waals surface area contributed by atoms with E-state index < -0.39 is 23.5 Å². The second-order valence-electron chi connectivity index (χ2n) is 7.08. The van der Waals surface area contributed by atoms with Gasteiger partial charge in [-0.15, -0.1) is 10.2 Å². The maximum atomic E-state index is 14.1. The number of nitrogens with zero attached hydrogens (tertiary/aromatic N) is 6.